The van der Waals surface area contributed by atoms with E-state index in [1.165, 1.54) is 37.9 Å². The van der Waals surface area contributed by atoms with Crippen molar-refractivity contribution in [1.82, 2.24) is 19.9 Å². The number of benzene rings is 1. The van der Waals surface area contributed by atoms with Crippen molar-refractivity contribution < 1.29 is 4.74 Å². The van der Waals surface area contributed by atoms with E-state index in [2.05, 4.69) is 38.1 Å². The minimum Gasteiger partial charge on any atom is -0.494 e. The molecule has 32 heavy (non-hydrogen) atoms. The van der Waals surface area contributed by atoms with Crippen LogP contribution in [0.2, 0.25) is 0 Å². The number of nitrogens with zero attached hydrogens (tertiary/aromatic N) is 3. The molecule has 3 heterocycles. The molecule has 2 aromatic heterocycles. The lowest BCUT2D eigenvalue weighted by Crippen LogP contribution is -2.29. The van der Waals surface area contributed by atoms with Crippen molar-refractivity contribution in [2.45, 2.75) is 51.5 Å². The topological polar surface area (TPSA) is 71.1 Å². The van der Waals surface area contributed by atoms with Crippen LogP contribution in [0, 0.1) is 0 Å². The summed E-state index contributed by atoms with van der Waals surface area (Å²) in [7, 11) is 0. The summed E-state index contributed by atoms with van der Waals surface area (Å²) in [6.07, 6.45) is 12.3. The van der Waals surface area contributed by atoms with E-state index in [1.807, 2.05) is 18.2 Å². The molecule has 0 aliphatic carbocycles. The van der Waals surface area contributed by atoms with Crippen molar-refractivity contribution >= 4 is 0 Å². The molecule has 0 atom stereocenters. The zero-order valence-electron chi connectivity index (χ0n) is 18.6. The van der Waals surface area contributed by atoms with Gasteiger partial charge in [0.15, 0.2) is 0 Å². The van der Waals surface area contributed by atoms with E-state index in [4.69, 9.17) is 4.74 Å². The molecule has 0 saturated carbocycles. The number of unbranched alkanes of at least 4 members (excludes halogenated alkanes) is 1. The second kappa shape index (κ2) is 11.6. The highest BCUT2D eigenvalue weighted by molar-refractivity contribution is 5.28. The lowest BCUT2D eigenvalue weighted by molar-refractivity contribution is 0.220. The van der Waals surface area contributed by atoms with Crippen LogP contribution in [0.3, 0.4) is 0 Å². The van der Waals surface area contributed by atoms with Gasteiger partial charge >= 0.3 is 0 Å². The van der Waals surface area contributed by atoms with Crippen molar-refractivity contribution in [2.24, 2.45) is 0 Å². The summed E-state index contributed by atoms with van der Waals surface area (Å²) in [6.45, 7) is 4.07. The molecule has 1 saturated heterocycles. The van der Waals surface area contributed by atoms with Crippen LogP contribution >= 0.6 is 0 Å². The van der Waals surface area contributed by atoms with E-state index in [9.17, 15) is 4.79 Å². The fourth-order valence-electron chi connectivity index (χ4n) is 4.13. The fraction of sp³-hybridized carbons (Fsp3) is 0.423. The van der Waals surface area contributed by atoms with Crippen LogP contribution in [-0.2, 0) is 19.4 Å². The SMILES string of the molecule is O=c1[nH]c(CCCCOc2cccc(CN3CCCCC3)c2)ncc1Cc1ccncc1. The zero-order valence-corrected chi connectivity index (χ0v) is 18.6. The van der Waals surface area contributed by atoms with E-state index in [-0.39, 0.29) is 5.56 Å². The first-order chi connectivity index (χ1) is 15.8. The summed E-state index contributed by atoms with van der Waals surface area (Å²) in [5, 5.41) is 0. The van der Waals surface area contributed by atoms with Crippen LogP contribution in [0.1, 0.15) is 54.6 Å². The maximum atomic E-state index is 12.4. The number of H-pyrrole nitrogens is 1. The number of hydrogen-bond donors (Lipinski definition) is 1. The average molecular weight is 433 g/mol. The molecule has 0 radical (unpaired) electrons. The van der Waals surface area contributed by atoms with Crippen molar-refractivity contribution in [1.29, 1.82) is 0 Å². The maximum absolute atomic E-state index is 12.4. The average Bonchev–Trinajstić information content (AvgIpc) is 2.82. The van der Waals surface area contributed by atoms with Crippen LogP contribution in [0.5, 0.6) is 5.75 Å². The van der Waals surface area contributed by atoms with Gasteiger partial charge in [-0.25, -0.2) is 4.98 Å². The molecule has 1 N–H and O–H groups in total. The van der Waals surface area contributed by atoms with Crippen LogP contribution in [-0.4, -0.2) is 39.5 Å². The molecule has 0 unspecified atom stereocenters. The highest BCUT2D eigenvalue weighted by atomic mass is 16.5. The Labute approximate surface area is 189 Å². The Bertz CT molecular complexity index is 1030. The number of aromatic amines is 1. The predicted molar refractivity (Wildman–Crippen MR) is 126 cm³/mol. The maximum Gasteiger partial charge on any atom is 0.254 e. The monoisotopic (exact) mass is 432 g/mol. The van der Waals surface area contributed by atoms with Crippen LogP contribution in [0.4, 0.5) is 0 Å². The highest BCUT2D eigenvalue weighted by Crippen LogP contribution is 2.18. The summed E-state index contributed by atoms with van der Waals surface area (Å²) in [5.41, 5.74) is 2.98. The molecule has 6 nitrogen and oxygen atoms in total. The Morgan fingerprint density at radius 2 is 1.84 bits per heavy atom. The van der Waals surface area contributed by atoms with Crippen molar-refractivity contribution in [3.8, 4) is 5.75 Å². The number of aryl methyl sites for hydroxylation is 1. The van der Waals surface area contributed by atoms with Gasteiger partial charge in [0.1, 0.15) is 11.6 Å². The van der Waals surface area contributed by atoms with Crippen LogP contribution in [0.15, 0.2) is 59.8 Å². The van der Waals surface area contributed by atoms with Gasteiger partial charge in [0, 0.05) is 43.5 Å². The number of piperidine rings is 1. The first-order valence-electron chi connectivity index (χ1n) is 11.7. The third-order valence-electron chi connectivity index (χ3n) is 5.90. The molecular weight excluding hydrogens is 400 g/mol. The molecule has 0 amide bonds. The van der Waals surface area contributed by atoms with Gasteiger partial charge < -0.3 is 9.72 Å². The van der Waals surface area contributed by atoms with Gasteiger partial charge in [-0.05, 0) is 74.2 Å². The van der Waals surface area contributed by atoms with E-state index >= 15 is 0 Å². The fourth-order valence-corrected chi connectivity index (χ4v) is 4.13. The number of ether oxygens (including phenoxy) is 1. The lowest BCUT2D eigenvalue weighted by Gasteiger charge is -2.26. The third-order valence-corrected chi connectivity index (χ3v) is 5.90. The van der Waals surface area contributed by atoms with Crippen LogP contribution < -0.4 is 10.3 Å². The van der Waals surface area contributed by atoms with Crippen molar-refractivity contribution in [2.75, 3.05) is 19.7 Å². The summed E-state index contributed by atoms with van der Waals surface area (Å²) >= 11 is 0. The standard InChI is InChI=1S/C26H32N4O2/c31-26-23(17-21-10-12-27-13-11-21)19-28-25(29-26)9-2-5-16-32-24-8-6-7-22(18-24)20-30-14-3-1-4-15-30/h6-8,10-13,18-19H,1-5,9,14-17,20H2,(H,28,29,31). The second-order valence-corrected chi connectivity index (χ2v) is 8.51. The molecule has 1 aromatic carbocycles. The van der Waals surface area contributed by atoms with E-state index in [0.29, 0.717) is 18.6 Å². The minimum absolute atomic E-state index is 0.0615. The molecule has 1 fully saturated rings. The van der Waals surface area contributed by atoms with Crippen LogP contribution in [0.25, 0.3) is 0 Å². The van der Waals surface area contributed by atoms with Gasteiger partial charge in [-0.3, -0.25) is 14.7 Å². The van der Waals surface area contributed by atoms with Crippen molar-refractivity contribution in [3.05, 3.63) is 87.9 Å². The molecule has 168 valence electrons. The van der Waals surface area contributed by atoms with Gasteiger partial charge in [0.2, 0.25) is 0 Å². The molecule has 0 bridgehead atoms. The van der Waals surface area contributed by atoms with E-state index in [1.54, 1.807) is 18.6 Å². The van der Waals surface area contributed by atoms with Gasteiger partial charge in [0.25, 0.3) is 5.56 Å². The summed E-state index contributed by atoms with van der Waals surface area (Å²) in [4.78, 5) is 26.3. The first-order valence-corrected chi connectivity index (χ1v) is 11.7. The van der Waals surface area contributed by atoms with Crippen molar-refractivity contribution in [3.63, 3.8) is 0 Å². The Morgan fingerprint density at radius 3 is 2.66 bits per heavy atom. The Hall–Kier alpha value is -2.99. The van der Waals surface area contributed by atoms with E-state index in [0.717, 1.165) is 42.9 Å². The third kappa shape index (κ3) is 6.76. The molecule has 3 aromatic rings. The highest BCUT2D eigenvalue weighted by Gasteiger charge is 2.10. The number of hydrogen-bond acceptors (Lipinski definition) is 5. The molecule has 1 aliphatic rings. The molecule has 1 aliphatic heterocycles. The predicted octanol–water partition coefficient (Wildman–Crippen LogP) is 4.14. The number of likely N-dealkylation sites (tertiary alicyclic amines) is 1. The largest absolute Gasteiger partial charge is 0.494 e. The quantitative estimate of drug-likeness (QED) is 0.488. The smallest absolute Gasteiger partial charge is 0.254 e. The second-order valence-electron chi connectivity index (χ2n) is 8.51. The molecular formula is C26H32N4O2. The molecule has 6 heteroatoms. The number of nitrogens with one attached hydrogen (secondary N) is 1. The Morgan fingerprint density at radius 1 is 1.00 bits per heavy atom. The van der Waals surface area contributed by atoms with Gasteiger partial charge in [-0.2, -0.15) is 0 Å². The summed E-state index contributed by atoms with van der Waals surface area (Å²) in [5.74, 6) is 1.67. The van der Waals surface area contributed by atoms with E-state index < -0.39 is 0 Å². The summed E-state index contributed by atoms with van der Waals surface area (Å²) < 4.78 is 5.97. The van der Waals surface area contributed by atoms with Gasteiger partial charge in [0.05, 0.1) is 6.61 Å². The summed E-state index contributed by atoms with van der Waals surface area (Å²) in [6, 6.07) is 12.3. The van der Waals surface area contributed by atoms with Gasteiger partial charge in [-0.1, -0.05) is 18.6 Å². The first kappa shape index (κ1) is 22.2. The number of rotatable bonds is 10. The lowest BCUT2D eigenvalue weighted by atomic mass is 10.1. The van der Waals surface area contributed by atoms with Gasteiger partial charge in [-0.15, -0.1) is 0 Å². The number of aromatic nitrogens is 3. The molecule has 0 spiro atoms. The number of pyridine rings is 1. The normalized spacial score (nSPS) is 14.4. The Kier molecular flexibility index (Phi) is 8.04. The minimum atomic E-state index is -0.0615. The molecule has 4 rings (SSSR count). The zero-order chi connectivity index (χ0) is 22.0. The Balaban J connectivity index is 1.19.